The predicted molar refractivity (Wildman–Crippen MR) is 88.8 cm³/mol. The van der Waals surface area contributed by atoms with Gasteiger partial charge in [0.1, 0.15) is 11.4 Å². The number of aldehydes is 1. The number of fused-ring (bicyclic) bond motifs is 1. The number of rotatable bonds is 4. The quantitative estimate of drug-likeness (QED) is 0.392. The molecule has 1 fully saturated rings. The molecule has 2 aromatic heterocycles. The highest BCUT2D eigenvalue weighted by Gasteiger charge is 2.38. The molecular formula is C15H19N7O3. The van der Waals surface area contributed by atoms with Crippen molar-refractivity contribution in [2.45, 2.75) is 45.3 Å². The highest BCUT2D eigenvalue weighted by molar-refractivity contribution is 5.90. The minimum atomic E-state index is -0.645. The van der Waals surface area contributed by atoms with E-state index in [0.717, 1.165) is 12.8 Å². The second-order valence-electron chi connectivity index (χ2n) is 6.72. The van der Waals surface area contributed by atoms with Crippen LogP contribution >= 0.6 is 0 Å². The first kappa shape index (κ1) is 16.8. The van der Waals surface area contributed by atoms with Crippen LogP contribution in [0.15, 0.2) is 22.6 Å². The van der Waals surface area contributed by atoms with Gasteiger partial charge in [0.15, 0.2) is 17.8 Å². The molecule has 0 atom stereocenters. The van der Waals surface area contributed by atoms with Crippen LogP contribution in [0, 0.1) is 0 Å². The molecule has 10 heteroatoms. The fraction of sp³-hybridized carbons (Fsp3) is 0.467. The Balaban J connectivity index is 2.15. The topological polar surface area (TPSA) is 128 Å². The zero-order chi connectivity index (χ0) is 18.2. The van der Waals surface area contributed by atoms with Crippen molar-refractivity contribution in [3.05, 3.63) is 17.8 Å². The van der Waals surface area contributed by atoms with Crippen LogP contribution in [0.25, 0.3) is 5.65 Å². The molecule has 2 N–H and O–H groups in total. The van der Waals surface area contributed by atoms with Crippen molar-refractivity contribution in [2.24, 2.45) is 16.2 Å². The number of carbonyl (C=O) groups excluding carboxylic acids is 2. The number of hydrogen-bond donors (Lipinski definition) is 1. The fourth-order valence-corrected chi connectivity index (χ4v) is 2.39. The minimum absolute atomic E-state index is 0.00741. The van der Waals surface area contributed by atoms with Gasteiger partial charge >= 0.3 is 6.09 Å². The van der Waals surface area contributed by atoms with E-state index in [1.165, 1.54) is 21.7 Å². The number of ether oxygens (including phenoxy) is 1. The van der Waals surface area contributed by atoms with Crippen molar-refractivity contribution in [3.8, 4) is 0 Å². The molecule has 0 unspecified atom stereocenters. The zero-order valence-electron chi connectivity index (χ0n) is 14.2. The van der Waals surface area contributed by atoms with Crippen LogP contribution in [-0.4, -0.2) is 38.6 Å². The van der Waals surface area contributed by atoms with Gasteiger partial charge in [-0.15, -0.1) is 5.11 Å². The van der Waals surface area contributed by atoms with Crippen LogP contribution in [0.2, 0.25) is 0 Å². The van der Waals surface area contributed by atoms with Crippen LogP contribution in [0.4, 0.5) is 16.4 Å². The van der Waals surface area contributed by atoms with Crippen LogP contribution < -0.4 is 10.7 Å². The van der Waals surface area contributed by atoms with Crippen molar-refractivity contribution in [3.63, 3.8) is 0 Å². The number of nitrogens with two attached hydrogens (primary N) is 1. The lowest BCUT2D eigenvalue weighted by atomic mass is 10.2. The Kier molecular flexibility index (Phi) is 4.11. The van der Waals surface area contributed by atoms with Crippen LogP contribution in [0.5, 0.6) is 0 Å². The summed E-state index contributed by atoms with van der Waals surface area (Å²) in [7, 11) is 0. The van der Waals surface area contributed by atoms with E-state index in [1.54, 1.807) is 20.8 Å². The second kappa shape index (κ2) is 6.11. The first-order valence-corrected chi connectivity index (χ1v) is 7.81. The average molecular weight is 345 g/mol. The first-order chi connectivity index (χ1) is 11.8. The smallest absolute Gasteiger partial charge is 0.416 e. The molecule has 1 aliphatic rings. The summed E-state index contributed by atoms with van der Waals surface area (Å²) in [5.41, 5.74) is -0.104. The van der Waals surface area contributed by atoms with E-state index >= 15 is 0 Å². The summed E-state index contributed by atoms with van der Waals surface area (Å²) in [5, 5.41) is 11.1. The normalized spacial score (nSPS) is 14.8. The van der Waals surface area contributed by atoms with Gasteiger partial charge < -0.3 is 10.6 Å². The lowest BCUT2D eigenvalue weighted by Crippen LogP contribution is -2.39. The Morgan fingerprint density at radius 1 is 1.48 bits per heavy atom. The van der Waals surface area contributed by atoms with Gasteiger partial charge in [-0.2, -0.15) is 9.61 Å². The highest BCUT2D eigenvalue weighted by Crippen LogP contribution is 2.34. The Hall–Kier alpha value is -3.04. The van der Waals surface area contributed by atoms with Crippen molar-refractivity contribution in [1.29, 1.82) is 0 Å². The molecule has 10 nitrogen and oxygen atoms in total. The summed E-state index contributed by atoms with van der Waals surface area (Å²) in [5.74, 6) is 5.68. The summed E-state index contributed by atoms with van der Waals surface area (Å²) >= 11 is 0. The number of nitrogens with zero attached hydrogens (tertiary/aromatic N) is 6. The second-order valence-corrected chi connectivity index (χ2v) is 6.72. The largest absolute Gasteiger partial charge is 0.443 e. The average Bonchev–Trinajstić information content (AvgIpc) is 3.25. The molecule has 2 aromatic rings. The maximum atomic E-state index is 12.7. The van der Waals surface area contributed by atoms with E-state index < -0.39 is 11.7 Å². The minimum Gasteiger partial charge on any atom is -0.443 e. The predicted octanol–water partition coefficient (Wildman–Crippen LogP) is 2.40. The zero-order valence-corrected chi connectivity index (χ0v) is 14.2. The Morgan fingerprint density at radius 3 is 2.76 bits per heavy atom. The molecule has 0 saturated heterocycles. The Labute approximate surface area is 143 Å². The molecular weight excluding hydrogens is 326 g/mol. The molecule has 25 heavy (non-hydrogen) atoms. The van der Waals surface area contributed by atoms with Gasteiger partial charge in [-0.3, -0.25) is 9.69 Å². The summed E-state index contributed by atoms with van der Waals surface area (Å²) in [4.78, 5) is 29.7. The third-order valence-corrected chi connectivity index (χ3v) is 3.50. The van der Waals surface area contributed by atoms with Gasteiger partial charge in [0.2, 0.25) is 0 Å². The van der Waals surface area contributed by atoms with Gasteiger partial charge in [0.05, 0.1) is 11.8 Å². The third kappa shape index (κ3) is 3.42. The van der Waals surface area contributed by atoms with E-state index in [9.17, 15) is 9.59 Å². The van der Waals surface area contributed by atoms with Gasteiger partial charge in [0.25, 0.3) is 0 Å². The van der Waals surface area contributed by atoms with E-state index in [-0.39, 0.29) is 23.1 Å². The first-order valence-electron chi connectivity index (χ1n) is 7.81. The number of anilines is 1. The molecule has 1 saturated carbocycles. The number of carbonyl (C=O) groups is 2. The summed E-state index contributed by atoms with van der Waals surface area (Å²) in [6.07, 6.45) is 3.21. The molecule has 0 bridgehead atoms. The van der Waals surface area contributed by atoms with E-state index in [2.05, 4.69) is 20.4 Å². The fourth-order valence-electron chi connectivity index (χ4n) is 2.39. The Bertz CT molecular complexity index is 849. The standard InChI is InChI=1S/C15H19N7O3/c1-15(2,3)25-14(24)21(10-4-5-10)12-6-11(19-20-16)18-13-9(8-23)7-17-22(12)13/h6-8,10H,4-5H2,1-3H3,(H2,16,18,19). The van der Waals surface area contributed by atoms with Gasteiger partial charge in [-0.05, 0) is 33.6 Å². The van der Waals surface area contributed by atoms with Gasteiger partial charge in [-0.25, -0.2) is 9.78 Å². The third-order valence-electron chi connectivity index (χ3n) is 3.50. The van der Waals surface area contributed by atoms with Gasteiger partial charge in [-0.1, -0.05) is 5.22 Å². The van der Waals surface area contributed by atoms with Crippen LogP contribution in [0.3, 0.4) is 0 Å². The Morgan fingerprint density at radius 2 is 2.20 bits per heavy atom. The molecule has 132 valence electrons. The summed E-state index contributed by atoms with van der Waals surface area (Å²) in [6, 6.07) is 1.53. The maximum absolute atomic E-state index is 12.7. The number of hydrogen-bond acceptors (Lipinski definition) is 7. The summed E-state index contributed by atoms with van der Waals surface area (Å²) < 4.78 is 6.93. The molecule has 0 aliphatic heterocycles. The van der Waals surface area contributed by atoms with Crippen LogP contribution in [0.1, 0.15) is 44.0 Å². The van der Waals surface area contributed by atoms with Crippen LogP contribution in [-0.2, 0) is 4.74 Å². The van der Waals surface area contributed by atoms with Crippen molar-refractivity contribution in [1.82, 2.24) is 14.6 Å². The van der Waals surface area contributed by atoms with Crippen molar-refractivity contribution >= 4 is 29.7 Å². The van der Waals surface area contributed by atoms with E-state index in [0.29, 0.717) is 12.1 Å². The molecule has 3 rings (SSSR count). The number of amides is 1. The summed E-state index contributed by atoms with van der Waals surface area (Å²) in [6.45, 7) is 5.39. The van der Waals surface area contributed by atoms with E-state index in [1.807, 2.05) is 0 Å². The maximum Gasteiger partial charge on any atom is 0.416 e. The molecule has 0 aromatic carbocycles. The monoisotopic (exact) mass is 345 g/mol. The molecule has 1 aliphatic carbocycles. The molecule has 1 amide bonds. The SMILES string of the molecule is CC(C)(C)OC(=O)N(c1cc(N=NN)nc2c(C=O)cnn12)C1CC1. The van der Waals surface area contributed by atoms with E-state index in [4.69, 9.17) is 10.6 Å². The molecule has 0 radical (unpaired) electrons. The van der Waals surface area contributed by atoms with Gasteiger partial charge in [0, 0.05) is 12.1 Å². The molecule has 2 heterocycles. The number of aromatic nitrogens is 3. The lowest BCUT2D eigenvalue weighted by molar-refractivity contribution is 0.0576. The highest BCUT2D eigenvalue weighted by atomic mass is 16.6. The lowest BCUT2D eigenvalue weighted by Gasteiger charge is -2.27. The van der Waals surface area contributed by atoms with Crippen molar-refractivity contribution < 1.29 is 14.3 Å². The molecule has 0 spiro atoms. The van der Waals surface area contributed by atoms with Crippen molar-refractivity contribution in [2.75, 3.05) is 4.90 Å².